The predicted octanol–water partition coefficient (Wildman–Crippen LogP) is 5.34. The number of pyridine rings is 1. The van der Waals surface area contributed by atoms with E-state index in [4.69, 9.17) is 4.74 Å². The molecular formula is C21H17F2N3O. The lowest BCUT2D eigenvalue weighted by Gasteiger charge is -2.09. The van der Waals surface area contributed by atoms with Crippen LogP contribution in [-0.2, 0) is 0 Å². The Labute approximate surface area is 155 Å². The molecule has 27 heavy (non-hydrogen) atoms. The Bertz CT molecular complexity index is 1110. The van der Waals surface area contributed by atoms with Gasteiger partial charge in [-0.25, -0.2) is 18.4 Å². The summed E-state index contributed by atoms with van der Waals surface area (Å²) in [6, 6.07) is 18.0. The van der Waals surface area contributed by atoms with E-state index in [0.717, 1.165) is 5.69 Å². The number of ether oxygens (including phenoxy) is 1. The zero-order valence-corrected chi connectivity index (χ0v) is 14.9. The van der Waals surface area contributed by atoms with E-state index in [0.29, 0.717) is 33.7 Å². The SMILES string of the molecule is COc1cccc(-c2cc(C(F)F)c3c(C)nn(-c4ccccc4)c3n2)c1. The van der Waals surface area contributed by atoms with Crippen molar-refractivity contribution in [3.63, 3.8) is 0 Å². The molecule has 4 aromatic rings. The van der Waals surface area contributed by atoms with Gasteiger partial charge in [-0.3, -0.25) is 0 Å². The van der Waals surface area contributed by atoms with Gasteiger partial charge < -0.3 is 4.74 Å². The molecule has 2 heterocycles. The van der Waals surface area contributed by atoms with E-state index >= 15 is 0 Å². The lowest BCUT2D eigenvalue weighted by Crippen LogP contribution is -1.99. The highest BCUT2D eigenvalue weighted by atomic mass is 19.3. The number of nitrogens with zero attached hydrogens (tertiary/aromatic N) is 3. The number of alkyl halides is 2. The summed E-state index contributed by atoms with van der Waals surface area (Å²) in [7, 11) is 1.56. The molecule has 0 spiro atoms. The van der Waals surface area contributed by atoms with Gasteiger partial charge in [0, 0.05) is 11.1 Å². The van der Waals surface area contributed by atoms with E-state index in [1.807, 2.05) is 42.5 Å². The molecule has 0 aliphatic rings. The van der Waals surface area contributed by atoms with Crippen molar-refractivity contribution < 1.29 is 13.5 Å². The van der Waals surface area contributed by atoms with E-state index in [2.05, 4.69) is 10.1 Å². The molecule has 4 nitrogen and oxygen atoms in total. The third-order valence-electron chi connectivity index (χ3n) is 4.44. The smallest absolute Gasteiger partial charge is 0.264 e. The molecule has 0 N–H and O–H groups in total. The fraction of sp³-hybridized carbons (Fsp3) is 0.143. The highest BCUT2D eigenvalue weighted by Crippen LogP contribution is 2.34. The van der Waals surface area contributed by atoms with Crippen molar-refractivity contribution in [1.82, 2.24) is 14.8 Å². The molecule has 0 atom stereocenters. The second-order valence-electron chi connectivity index (χ2n) is 6.16. The molecular weight excluding hydrogens is 348 g/mol. The van der Waals surface area contributed by atoms with E-state index in [1.165, 1.54) is 6.07 Å². The van der Waals surface area contributed by atoms with Gasteiger partial charge in [0.05, 0.1) is 29.6 Å². The van der Waals surface area contributed by atoms with Crippen LogP contribution in [-0.4, -0.2) is 21.9 Å². The molecule has 0 radical (unpaired) electrons. The summed E-state index contributed by atoms with van der Waals surface area (Å²) in [5, 5.41) is 4.86. The Morgan fingerprint density at radius 2 is 1.78 bits per heavy atom. The minimum Gasteiger partial charge on any atom is -0.497 e. The topological polar surface area (TPSA) is 39.9 Å². The van der Waals surface area contributed by atoms with Gasteiger partial charge in [-0.1, -0.05) is 30.3 Å². The number of halogens is 2. The number of aromatic nitrogens is 3. The quantitative estimate of drug-likeness (QED) is 0.490. The van der Waals surface area contributed by atoms with Crippen LogP contribution in [0.3, 0.4) is 0 Å². The van der Waals surface area contributed by atoms with Gasteiger partial charge in [0.1, 0.15) is 5.75 Å². The number of hydrogen-bond acceptors (Lipinski definition) is 3. The summed E-state index contributed by atoms with van der Waals surface area (Å²) in [6.07, 6.45) is -2.63. The minimum absolute atomic E-state index is 0.0718. The molecule has 136 valence electrons. The average Bonchev–Trinajstić information content (AvgIpc) is 3.04. The van der Waals surface area contributed by atoms with E-state index in [1.54, 1.807) is 30.8 Å². The maximum Gasteiger partial charge on any atom is 0.264 e. The second kappa shape index (κ2) is 6.79. The summed E-state index contributed by atoms with van der Waals surface area (Å²) in [4.78, 5) is 4.67. The van der Waals surface area contributed by atoms with Crippen molar-refractivity contribution >= 4 is 11.0 Å². The van der Waals surface area contributed by atoms with Crippen molar-refractivity contribution in [3.05, 3.63) is 71.9 Å². The van der Waals surface area contributed by atoms with Crippen molar-refractivity contribution in [1.29, 1.82) is 0 Å². The van der Waals surface area contributed by atoms with Gasteiger partial charge in [0.15, 0.2) is 5.65 Å². The maximum atomic E-state index is 13.8. The molecule has 2 aromatic carbocycles. The van der Waals surface area contributed by atoms with Crippen LogP contribution in [0.5, 0.6) is 5.75 Å². The average molecular weight is 365 g/mol. The van der Waals surface area contributed by atoms with Crippen LogP contribution < -0.4 is 4.74 Å². The van der Waals surface area contributed by atoms with Gasteiger partial charge in [-0.2, -0.15) is 5.10 Å². The maximum absolute atomic E-state index is 13.8. The van der Waals surface area contributed by atoms with E-state index in [9.17, 15) is 8.78 Å². The Morgan fingerprint density at radius 1 is 1.00 bits per heavy atom. The van der Waals surface area contributed by atoms with Gasteiger partial charge in [-0.05, 0) is 37.3 Å². The van der Waals surface area contributed by atoms with Crippen LogP contribution in [0, 0.1) is 6.92 Å². The monoisotopic (exact) mass is 365 g/mol. The third-order valence-corrected chi connectivity index (χ3v) is 4.44. The largest absolute Gasteiger partial charge is 0.497 e. The molecule has 2 aromatic heterocycles. The van der Waals surface area contributed by atoms with Crippen molar-refractivity contribution in [2.24, 2.45) is 0 Å². The van der Waals surface area contributed by atoms with Crippen LogP contribution in [0.4, 0.5) is 8.78 Å². The summed E-state index contributed by atoms with van der Waals surface area (Å²) in [5.74, 6) is 0.640. The van der Waals surface area contributed by atoms with Crippen molar-refractivity contribution in [2.75, 3.05) is 7.11 Å². The number of rotatable bonds is 4. The molecule has 0 saturated heterocycles. The normalized spacial score (nSPS) is 11.3. The van der Waals surface area contributed by atoms with Crippen LogP contribution in [0.15, 0.2) is 60.7 Å². The highest BCUT2D eigenvalue weighted by molar-refractivity contribution is 5.86. The number of benzene rings is 2. The highest BCUT2D eigenvalue weighted by Gasteiger charge is 2.21. The number of methoxy groups -OCH3 is 1. The lowest BCUT2D eigenvalue weighted by molar-refractivity contribution is 0.153. The molecule has 0 amide bonds. The standard InChI is InChI=1S/C21H17F2N3O/c1-13-19-17(20(22)23)12-18(14-7-6-10-16(11-14)27-2)24-21(19)26(25-13)15-8-4-3-5-9-15/h3-12,20H,1-2H3. The molecule has 6 heteroatoms. The molecule has 0 bridgehead atoms. The lowest BCUT2D eigenvalue weighted by atomic mass is 10.1. The summed E-state index contributed by atoms with van der Waals surface area (Å²) in [5.41, 5.74) is 2.79. The fourth-order valence-electron chi connectivity index (χ4n) is 3.17. The Kier molecular flexibility index (Phi) is 4.32. The molecule has 4 rings (SSSR count). The van der Waals surface area contributed by atoms with E-state index in [-0.39, 0.29) is 5.56 Å². The number of para-hydroxylation sites is 1. The zero-order chi connectivity index (χ0) is 19.0. The molecule has 0 unspecified atom stereocenters. The van der Waals surface area contributed by atoms with Crippen LogP contribution >= 0.6 is 0 Å². The van der Waals surface area contributed by atoms with Gasteiger partial charge in [0.2, 0.25) is 0 Å². The zero-order valence-electron chi connectivity index (χ0n) is 14.9. The summed E-state index contributed by atoms with van der Waals surface area (Å²) in [6.45, 7) is 1.72. The van der Waals surface area contributed by atoms with Gasteiger partial charge >= 0.3 is 0 Å². The Morgan fingerprint density at radius 3 is 2.48 bits per heavy atom. The number of fused-ring (bicyclic) bond motifs is 1. The Hall–Kier alpha value is -3.28. The first-order valence-electron chi connectivity index (χ1n) is 8.46. The van der Waals surface area contributed by atoms with Crippen molar-refractivity contribution in [2.45, 2.75) is 13.3 Å². The van der Waals surface area contributed by atoms with Gasteiger partial charge in [0.25, 0.3) is 6.43 Å². The van der Waals surface area contributed by atoms with Crippen molar-refractivity contribution in [3.8, 4) is 22.7 Å². The first-order chi connectivity index (χ1) is 13.1. The predicted molar refractivity (Wildman–Crippen MR) is 101 cm³/mol. The molecule has 0 aliphatic carbocycles. The second-order valence-corrected chi connectivity index (χ2v) is 6.16. The first kappa shape index (κ1) is 17.1. The van der Waals surface area contributed by atoms with E-state index < -0.39 is 6.43 Å². The first-order valence-corrected chi connectivity index (χ1v) is 8.46. The summed E-state index contributed by atoms with van der Waals surface area (Å²) >= 11 is 0. The summed E-state index contributed by atoms with van der Waals surface area (Å²) < 4.78 is 34.5. The number of hydrogen-bond donors (Lipinski definition) is 0. The third kappa shape index (κ3) is 3.03. The fourth-order valence-corrected chi connectivity index (χ4v) is 3.17. The molecule has 0 saturated carbocycles. The van der Waals surface area contributed by atoms with Crippen LogP contribution in [0.1, 0.15) is 17.7 Å². The van der Waals surface area contributed by atoms with Crippen LogP contribution in [0.25, 0.3) is 28.0 Å². The number of aryl methyl sites for hydroxylation is 1. The molecule has 0 aliphatic heterocycles. The Balaban J connectivity index is 2.02. The minimum atomic E-state index is -2.63. The van der Waals surface area contributed by atoms with Crippen LogP contribution in [0.2, 0.25) is 0 Å². The molecule has 0 fully saturated rings. The van der Waals surface area contributed by atoms with Gasteiger partial charge in [-0.15, -0.1) is 0 Å².